The van der Waals surface area contributed by atoms with Crippen LogP contribution in [0.4, 0.5) is 0 Å². The van der Waals surface area contributed by atoms with Crippen LogP contribution in [-0.4, -0.2) is 53.0 Å². The average molecular weight is 434 g/mol. The Bertz CT molecular complexity index is 693. The lowest BCUT2D eigenvalue weighted by Crippen LogP contribution is -2.57. The van der Waals surface area contributed by atoms with Gasteiger partial charge < -0.3 is 10.2 Å². The first-order chi connectivity index (χ1) is 14.8. The van der Waals surface area contributed by atoms with Crippen molar-refractivity contribution < 1.29 is 15.0 Å². The second kappa shape index (κ2) is 8.05. The Hall–Kier alpha value is -0.530. The normalized spacial score (nSPS) is 50.0. The fraction of sp³-hybridized carbons (Fsp3) is 0.960. The van der Waals surface area contributed by atoms with E-state index in [4.69, 9.17) is 0 Å². The Morgan fingerprint density at radius 3 is 2.52 bits per heavy atom. The third-order valence-corrected chi connectivity index (χ3v) is 10.7. The number of aliphatic hydroxyl groups is 2. The molecule has 1 heterocycles. The summed E-state index contributed by atoms with van der Waals surface area (Å²) in [6, 6.07) is 0. The molecule has 6 nitrogen and oxygen atoms in total. The number of fused-ring (bicyclic) bond motifs is 5. The van der Waals surface area contributed by atoms with Crippen LogP contribution in [-0.2, 0) is 4.79 Å². The maximum atomic E-state index is 13.3. The number of hydrogen-bond acceptors (Lipinski definition) is 6. The SMILES string of the molecule is C[C@@]1(O)CC[C@@]2(CCO)[C@@H](CC[C@H]3[C@@H]4CC[C@H](C(=O)CN5NCCN5)[C@@]4(C)CC[C@@H]32)C1. The van der Waals surface area contributed by atoms with Crippen molar-refractivity contribution >= 4 is 5.78 Å². The van der Waals surface area contributed by atoms with Gasteiger partial charge in [-0.1, -0.05) is 6.92 Å². The van der Waals surface area contributed by atoms with Crippen LogP contribution in [0, 0.1) is 40.4 Å². The summed E-state index contributed by atoms with van der Waals surface area (Å²) in [7, 11) is 0. The summed E-state index contributed by atoms with van der Waals surface area (Å²) in [5.74, 6) is 3.10. The van der Waals surface area contributed by atoms with E-state index in [1.165, 1.54) is 25.7 Å². The smallest absolute Gasteiger partial charge is 0.153 e. The Balaban J connectivity index is 1.36. The van der Waals surface area contributed by atoms with Crippen LogP contribution in [0.2, 0.25) is 0 Å². The van der Waals surface area contributed by atoms with Gasteiger partial charge in [0.05, 0.1) is 12.1 Å². The molecule has 1 aliphatic heterocycles. The number of carbonyl (C=O) groups excluding carboxylic acids is 1. The van der Waals surface area contributed by atoms with Crippen molar-refractivity contribution in [1.82, 2.24) is 16.0 Å². The molecule has 0 amide bonds. The molecule has 0 spiro atoms. The number of carbonyl (C=O) groups is 1. The number of nitrogens with zero attached hydrogens (tertiary/aromatic N) is 1. The van der Waals surface area contributed by atoms with E-state index in [9.17, 15) is 15.0 Å². The van der Waals surface area contributed by atoms with E-state index < -0.39 is 5.60 Å². The summed E-state index contributed by atoms with van der Waals surface area (Å²) in [6.45, 7) is 6.94. The Morgan fingerprint density at radius 2 is 1.77 bits per heavy atom. The molecule has 8 atom stereocenters. The molecule has 5 fully saturated rings. The van der Waals surface area contributed by atoms with Crippen molar-refractivity contribution in [3.05, 3.63) is 0 Å². The number of Topliss-reactive ketones (excluding diaryl/α,β-unsaturated/α-hetero) is 1. The fourth-order valence-corrected chi connectivity index (χ4v) is 9.28. The zero-order chi connectivity index (χ0) is 21.9. The van der Waals surface area contributed by atoms with Crippen LogP contribution >= 0.6 is 0 Å². The monoisotopic (exact) mass is 433 g/mol. The zero-order valence-electron chi connectivity index (χ0n) is 19.5. The lowest BCUT2D eigenvalue weighted by atomic mass is 9.42. The summed E-state index contributed by atoms with van der Waals surface area (Å²) in [4.78, 5) is 13.3. The van der Waals surface area contributed by atoms with Gasteiger partial charge in [-0.05, 0) is 106 Å². The van der Waals surface area contributed by atoms with Crippen molar-refractivity contribution in [3.63, 3.8) is 0 Å². The second-order valence-corrected chi connectivity index (χ2v) is 12.1. The lowest BCUT2D eigenvalue weighted by Gasteiger charge is -2.63. The molecule has 4 N–H and O–H groups in total. The van der Waals surface area contributed by atoms with Gasteiger partial charge in [0.2, 0.25) is 0 Å². The Labute approximate surface area is 187 Å². The number of ketones is 1. The standard InChI is InChI=1S/C25H43N3O3/c1-23(31)9-10-25(11-14-29)17(15-23)3-4-18-19-5-6-21(24(19,2)8-7-20(18)25)22(30)16-28-26-12-13-27-28/h17-21,26-27,29,31H,3-16H2,1-2H3/t17-,18-,19-,20-,21+,23+,24-,25+/m0/s1. The van der Waals surface area contributed by atoms with Crippen LogP contribution in [0.3, 0.4) is 0 Å². The maximum absolute atomic E-state index is 13.3. The minimum atomic E-state index is -0.540. The molecule has 0 aromatic rings. The lowest BCUT2D eigenvalue weighted by molar-refractivity contribution is -0.163. The van der Waals surface area contributed by atoms with Gasteiger partial charge in [0.25, 0.3) is 0 Å². The molecular weight excluding hydrogens is 390 g/mol. The predicted molar refractivity (Wildman–Crippen MR) is 120 cm³/mol. The van der Waals surface area contributed by atoms with Crippen molar-refractivity contribution in [1.29, 1.82) is 0 Å². The van der Waals surface area contributed by atoms with Crippen LogP contribution < -0.4 is 10.9 Å². The molecule has 1 saturated heterocycles. The van der Waals surface area contributed by atoms with E-state index in [0.29, 0.717) is 36.0 Å². The van der Waals surface area contributed by atoms with Crippen LogP contribution in [0.25, 0.3) is 0 Å². The molecule has 5 aliphatic rings. The van der Waals surface area contributed by atoms with E-state index in [1.54, 1.807) is 0 Å². The molecule has 0 unspecified atom stereocenters. The first-order valence-corrected chi connectivity index (χ1v) is 12.9. The van der Waals surface area contributed by atoms with Gasteiger partial charge in [0, 0.05) is 25.6 Å². The van der Waals surface area contributed by atoms with Gasteiger partial charge in [-0.25, -0.2) is 10.9 Å². The highest BCUT2D eigenvalue weighted by molar-refractivity contribution is 5.84. The van der Waals surface area contributed by atoms with Crippen LogP contribution in [0.5, 0.6) is 0 Å². The van der Waals surface area contributed by atoms with E-state index in [1.807, 2.05) is 12.0 Å². The fourth-order valence-electron chi connectivity index (χ4n) is 9.28. The number of rotatable bonds is 5. The van der Waals surface area contributed by atoms with E-state index in [2.05, 4.69) is 17.8 Å². The molecule has 5 rings (SSSR count). The molecule has 0 aromatic heterocycles. The van der Waals surface area contributed by atoms with Gasteiger partial charge in [0.1, 0.15) is 0 Å². The first kappa shape index (κ1) is 22.3. The highest BCUT2D eigenvalue weighted by Gasteiger charge is 2.62. The minimum absolute atomic E-state index is 0.130. The number of hydrazine groups is 2. The topological polar surface area (TPSA) is 84.8 Å². The second-order valence-electron chi connectivity index (χ2n) is 12.1. The predicted octanol–water partition coefficient (Wildman–Crippen LogP) is 2.65. The van der Waals surface area contributed by atoms with Gasteiger partial charge in [0.15, 0.2) is 5.78 Å². The molecule has 6 heteroatoms. The van der Waals surface area contributed by atoms with Crippen molar-refractivity contribution in [2.45, 2.75) is 83.7 Å². The van der Waals surface area contributed by atoms with E-state index >= 15 is 0 Å². The van der Waals surface area contributed by atoms with Crippen LogP contribution in [0.1, 0.15) is 78.1 Å². The minimum Gasteiger partial charge on any atom is -0.396 e. The highest BCUT2D eigenvalue weighted by atomic mass is 16.3. The summed E-state index contributed by atoms with van der Waals surface area (Å²) >= 11 is 0. The molecule has 0 aromatic carbocycles. The number of hydrogen-bond donors (Lipinski definition) is 4. The van der Waals surface area contributed by atoms with Gasteiger partial charge in [-0.2, -0.15) is 5.12 Å². The Morgan fingerprint density at radius 1 is 1.00 bits per heavy atom. The van der Waals surface area contributed by atoms with Gasteiger partial charge in [-0.15, -0.1) is 0 Å². The third kappa shape index (κ3) is 3.61. The van der Waals surface area contributed by atoms with E-state index in [0.717, 1.165) is 51.6 Å². The van der Waals surface area contributed by atoms with Gasteiger partial charge >= 0.3 is 0 Å². The largest absolute Gasteiger partial charge is 0.396 e. The van der Waals surface area contributed by atoms with E-state index in [-0.39, 0.29) is 23.4 Å². The molecule has 4 aliphatic carbocycles. The summed E-state index contributed by atoms with van der Waals surface area (Å²) in [5, 5.41) is 22.7. The highest BCUT2D eigenvalue weighted by Crippen LogP contribution is 2.68. The summed E-state index contributed by atoms with van der Waals surface area (Å²) in [5.41, 5.74) is 6.30. The molecule has 176 valence electrons. The summed E-state index contributed by atoms with van der Waals surface area (Å²) < 4.78 is 0. The van der Waals surface area contributed by atoms with Crippen LogP contribution in [0.15, 0.2) is 0 Å². The molecule has 0 bridgehead atoms. The van der Waals surface area contributed by atoms with Crippen molar-refractivity contribution in [2.24, 2.45) is 40.4 Å². The zero-order valence-corrected chi connectivity index (χ0v) is 19.5. The van der Waals surface area contributed by atoms with Gasteiger partial charge in [-0.3, -0.25) is 4.79 Å². The Kier molecular flexibility index (Phi) is 5.78. The first-order valence-electron chi connectivity index (χ1n) is 12.9. The number of aliphatic hydroxyl groups excluding tert-OH is 1. The molecule has 4 saturated carbocycles. The van der Waals surface area contributed by atoms with Crippen molar-refractivity contribution in [3.8, 4) is 0 Å². The molecule has 0 radical (unpaired) electrons. The maximum Gasteiger partial charge on any atom is 0.153 e. The summed E-state index contributed by atoms with van der Waals surface area (Å²) in [6.07, 6.45) is 10.7. The quantitative estimate of drug-likeness (QED) is 0.533. The van der Waals surface area contributed by atoms with Crippen molar-refractivity contribution in [2.75, 3.05) is 26.2 Å². The molecule has 31 heavy (non-hydrogen) atoms. The third-order valence-electron chi connectivity index (χ3n) is 10.7. The average Bonchev–Trinajstić information content (AvgIpc) is 3.35. The molecular formula is C25H43N3O3. The number of nitrogens with one attached hydrogen (secondary N) is 2.